The van der Waals surface area contributed by atoms with E-state index in [1.807, 2.05) is 48.5 Å². The van der Waals surface area contributed by atoms with E-state index in [0.717, 1.165) is 10.5 Å². The number of rotatable bonds is 7. The Labute approximate surface area is 180 Å². The van der Waals surface area contributed by atoms with Crippen LogP contribution in [0.3, 0.4) is 0 Å². The highest BCUT2D eigenvalue weighted by molar-refractivity contribution is 6.08. The molecule has 0 aromatic heterocycles. The largest absolute Gasteiger partial charge is 0.486 e. The van der Waals surface area contributed by atoms with E-state index in [0.29, 0.717) is 30.9 Å². The predicted octanol–water partition coefficient (Wildman–Crippen LogP) is 1.89. The molecule has 8 heteroatoms. The molecular formula is C23H25N3O5. The fourth-order valence-corrected chi connectivity index (χ4v) is 3.69. The van der Waals surface area contributed by atoms with Gasteiger partial charge in [-0.25, -0.2) is 4.79 Å². The van der Waals surface area contributed by atoms with Gasteiger partial charge in [0.1, 0.15) is 24.8 Å². The van der Waals surface area contributed by atoms with Crippen LogP contribution in [0.1, 0.15) is 18.9 Å². The van der Waals surface area contributed by atoms with Crippen LogP contribution in [-0.2, 0) is 16.0 Å². The van der Waals surface area contributed by atoms with E-state index in [-0.39, 0.29) is 19.2 Å². The Bertz CT molecular complexity index is 980. The number of benzene rings is 2. The smallest absolute Gasteiger partial charge is 0.325 e. The number of urea groups is 1. The number of carbonyl (C=O) groups is 3. The molecule has 0 unspecified atom stereocenters. The van der Waals surface area contributed by atoms with Gasteiger partial charge in [0.25, 0.3) is 5.91 Å². The number of hydrogen-bond acceptors (Lipinski definition) is 5. The molecule has 2 N–H and O–H groups in total. The van der Waals surface area contributed by atoms with Gasteiger partial charge in [-0.1, -0.05) is 42.5 Å². The maximum absolute atomic E-state index is 12.9. The first-order valence-corrected chi connectivity index (χ1v) is 10.3. The van der Waals surface area contributed by atoms with Crippen LogP contribution in [0.15, 0.2) is 54.6 Å². The number of ether oxygens (including phenoxy) is 2. The second-order valence-corrected chi connectivity index (χ2v) is 7.94. The SMILES string of the molecule is C[C@@]1(CCc2ccccc2)NC(=O)N(CC(=O)NC[C@@H]2COc3ccccc3O2)C1=O. The summed E-state index contributed by atoms with van der Waals surface area (Å²) in [6.07, 6.45) is 0.745. The topological polar surface area (TPSA) is 97.0 Å². The zero-order chi connectivity index (χ0) is 21.8. The van der Waals surface area contributed by atoms with Gasteiger partial charge >= 0.3 is 6.03 Å². The molecule has 2 aliphatic rings. The summed E-state index contributed by atoms with van der Waals surface area (Å²) in [4.78, 5) is 38.6. The van der Waals surface area contributed by atoms with Crippen LogP contribution in [0.25, 0.3) is 0 Å². The third-order valence-corrected chi connectivity index (χ3v) is 5.50. The molecule has 0 spiro atoms. The third-order valence-electron chi connectivity index (χ3n) is 5.50. The lowest BCUT2D eigenvalue weighted by Crippen LogP contribution is -2.47. The standard InChI is InChI=1S/C23H25N3O5/c1-23(12-11-16-7-3-2-4-8-16)21(28)26(22(29)25-23)14-20(27)24-13-17-15-30-18-9-5-6-10-19(18)31-17/h2-10,17H,11-15H2,1H3,(H,24,27)(H,25,29)/t17-,23+/m1/s1. The monoisotopic (exact) mass is 423 g/mol. The molecule has 4 rings (SSSR count). The van der Waals surface area contributed by atoms with Gasteiger partial charge in [0.15, 0.2) is 11.5 Å². The molecule has 0 bridgehead atoms. The summed E-state index contributed by atoms with van der Waals surface area (Å²) in [6.45, 7) is 1.87. The van der Waals surface area contributed by atoms with Crippen molar-refractivity contribution in [3.05, 3.63) is 60.2 Å². The van der Waals surface area contributed by atoms with Crippen LogP contribution in [0, 0.1) is 0 Å². The number of aryl methyl sites for hydroxylation is 1. The number of imide groups is 1. The summed E-state index contributed by atoms with van der Waals surface area (Å²) in [5.41, 5.74) is 0.0512. The first-order valence-electron chi connectivity index (χ1n) is 10.3. The van der Waals surface area contributed by atoms with Gasteiger partial charge in [0, 0.05) is 0 Å². The Morgan fingerprint density at radius 3 is 2.61 bits per heavy atom. The molecule has 2 aromatic carbocycles. The van der Waals surface area contributed by atoms with E-state index in [2.05, 4.69) is 10.6 Å². The fourth-order valence-electron chi connectivity index (χ4n) is 3.69. The van der Waals surface area contributed by atoms with Gasteiger partial charge in [-0.2, -0.15) is 0 Å². The van der Waals surface area contributed by atoms with Crippen molar-refractivity contribution >= 4 is 17.8 Å². The van der Waals surface area contributed by atoms with Crippen molar-refractivity contribution < 1.29 is 23.9 Å². The number of nitrogens with zero attached hydrogens (tertiary/aromatic N) is 1. The molecule has 1 fully saturated rings. The van der Waals surface area contributed by atoms with Crippen molar-refractivity contribution in [2.24, 2.45) is 0 Å². The average molecular weight is 423 g/mol. The quantitative estimate of drug-likeness (QED) is 0.663. The van der Waals surface area contributed by atoms with Gasteiger partial charge in [0.2, 0.25) is 5.91 Å². The zero-order valence-corrected chi connectivity index (χ0v) is 17.3. The van der Waals surface area contributed by atoms with Gasteiger partial charge in [-0.05, 0) is 37.5 Å². The van der Waals surface area contributed by atoms with E-state index in [4.69, 9.17) is 9.47 Å². The van der Waals surface area contributed by atoms with Crippen molar-refractivity contribution in [1.82, 2.24) is 15.5 Å². The Kier molecular flexibility index (Phi) is 5.79. The van der Waals surface area contributed by atoms with E-state index in [1.165, 1.54) is 0 Å². The molecular weight excluding hydrogens is 398 g/mol. The highest BCUT2D eigenvalue weighted by Gasteiger charge is 2.47. The lowest BCUT2D eigenvalue weighted by atomic mass is 9.93. The molecule has 2 atom stereocenters. The first kappa shape index (κ1) is 20.7. The predicted molar refractivity (Wildman–Crippen MR) is 113 cm³/mol. The Morgan fingerprint density at radius 1 is 1.13 bits per heavy atom. The highest BCUT2D eigenvalue weighted by atomic mass is 16.6. The molecule has 0 saturated carbocycles. The van der Waals surface area contributed by atoms with Crippen molar-refractivity contribution in [2.45, 2.75) is 31.4 Å². The molecule has 162 valence electrons. The molecule has 8 nitrogen and oxygen atoms in total. The van der Waals surface area contributed by atoms with Gasteiger partial charge in [-0.15, -0.1) is 0 Å². The summed E-state index contributed by atoms with van der Waals surface area (Å²) in [6, 6.07) is 16.5. The van der Waals surface area contributed by atoms with E-state index in [1.54, 1.807) is 13.0 Å². The Balaban J connectivity index is 1.28. The number of para-hydroxylation sites is 2. The van der Waals surface area contributed by atoms with Crippen molar-refractivity contribution in [1.29, 1.82) is 0 Å². The Hall–Kier alpha value is -3.55. The number of amides is 4. The van der Waals surface area contributed by atoms with E-state index in [9.17, 15) is 14.4 Å². The molecule has 2 heterocycles. The van der Waals surface area contributed by atoms with Crippen LogP contribution in [0.5, 0.6) is 11.5 Å². The summed E-state index contributed by atoms with van der Waals surface area (Å²) >= 11 is 0. The van der Waals surface area contributed by atoms with Crippen LogP contribution in [0.4, 0.5) is 4.79 Å². The highest BCUT2D eigenvalue weighted by Crippen LogP contribution is 2.30. The molecule has 0 aliphatic carbocycles. The molecule has 2 aromatic rings. The number of fused-ring (bicyclic) bond motifs is 1. The average Bonchev–Trinajstić information content (AvgIpc) is 3.00. The minimum Gasteiger partial charge on any atom is -0.486 e. The molecule has 4 amide bonds. The van der Waals surface area contributed by atoms with Crippen LogP contribution in [0.2, 0.25) is 0 Å². The minimum absolute atomic E-state index is 0.210. The van der Waals surface area contributed by atoms with Crippen LogP contribution in [-0.4, -0.2) is 54.1 Å². The minimum atomic E-state index is -1.03. The summed E-state index contributed by atoms with van der Waals surface area (Å²) < 4.78 is 11.4. The number of nitrogens with one attached hydrogen (secondary N) is 2. The van der Waals surface area contributed by atoms with Crippen molar-refractivity contribution in [3.63, 3.8) is 0 Å². The van der Waals surface area contributed by atoms with Gasteiger partial charge < -0.3 is 20.1 Å². The second kappa shape index (κ2) is 8.67. The Morgan fingerprint density at radius 2 is 1.84 bits per heavy atom. The lowest BCUT2D eigenvalue weighted by Gasteiger charge is -2.26. The fraction of sp³-hybridized carbons (Fsp3) is 0.348. The second-order valence-electron chi connectivity index (χ2n) is 7.94. The van der Waals surface area contributed by atoms with Gasteiger partial charge in [0.05, 0.1) is 6.54 Å². The first-order chi connectivity index (χ1) is 14.9. The van der Waals surface area contributed by atoms with E-state index < -0.39 is 23.4 Å². The third kappa shape index (κ3) is 4.63. The maximum atomic E-state index is 12.9. The maximum Gasteiger partial charge on any atom is 0.325 e. The summed E-state index contributed by atoms with van der Waals surface area (Å²) in [5.74, 6) is 0.462. The summed E-state index contributed by atoms with van der Waals surface area (Å²) in [7, 11) is 0. The van der Waals surface area contributed by atoms with Crippen LogP contribution < -0.4 is 20.1 Å². The van der Waals surface area contributed by atoms with Gasteiger partial charge in [-0.3, -0.25) is 14.5 Å². The number of carbonyl (C=O) groups excluding carboxylic acids is 3. The number of hydrogen-bond donors (Lipinski definition) is 2. The summed E-state index contributed by atoms with van der Waals surface area (Å²) in [5, 5.41) is 5.45. The zero-order valence-electron chi connectivity index (χ0n) is 17.3. The van der Waals surface area contributed by atoms with Crippen molar-refractivity contribution in [3.8, 4) is 11.5 Å². The molecule has 1 saturated heterocycles. The van der Waals surface area contributed by atoms with Crippen LogP contribution >= 0.6 is 0 Å². The molecule has 2 aliphatic heterocycles. The molecule has 0 radical (unpaired) electrons. The van der Waals surface area contributed by atoms with E-state index >= 15 is 0 Å². The lowest BCUT2D eigenvalue weighted by molar-refractivity contribution is -0.134. The molecule has 31 heavy (non-hydrogen) atoms. The normalized spacial score (nSPS) is 22.2. The van der Waals surface area contributed by atoms with Crippen molar-refractivity contribution in [2.75, 3.05) is 19.7 Å².